The van der Waals surface area contributed by atoms with Crippen molar-refractivity contribution < 1.29 is 17.9 Å². The number of amides is 1. The van der Waals surface area contributed by atoms with E-state index in [1.54, 1.807) is 18.2 Å². The van der Waals surface area contributed by atoms with E-state index in [-0.39, 0.29) is 11.4 Å². The predicted molar refractivity (Wildman–Crippen MR) is 159 cm³/mol. The molecule has 0 atom stereocenters. The maximum absolute atomic E-state index is 13.1. The summed E-state index contributed by atoms with van der Waals surface area (Å²) < 4.78 is 33.3. The van der Waals surface area contributed by atoms with E-state index in [4.69, 9.17) is 4.74 Å². The third-order valence-electron chi connectivity index (χ3n) is 7.33. The van der Waals surface area contributed by atoms with Crippen molar-refractivity contribution >= 4 is 15.9 Å². The summed E-state index contributed by atoms with van der Waals surface area (Å²) in [5.41, 5.74) is 4.70. The molecule has 0 bridgehead atoms. The van der Waals surface area contributed by atoms with Crippen LogP contribution in [0.5, 0.6) is 5.75 Å². The summed E-state index contributed by atoms with van der Waals surface area (Å²) in [6.45, 7) is 13.8. The van der Waals surface area contributed by atoms with Gasteiger partial charge in [0.2, 0.25) is 10.0 Å². The Morgan fingerprint density at radius 3 is 2.35 bits per heavy atom. The largest absolute Gasteiger partial charge is 0.494 e. The van der Waals surface area contributed by atoms with E-state index in [1.807, 2.05) is 50.2 Å². The van der Waals surface area contributed by atoms with Crippen LogP contribution in [0, 0.1) is 6.92 Å². The molecule has 1 heterocycles. The number of ether oxygens (including phenoxy) is 1. The molecule has 3 aromatic rings. The minimum atomic E-state index is -3.56. The second-order valence-corrected chi connectivity index (χ2v) is 13.2. The van der Waals surface area contributed by atoms with Crippen molar-refractivity contribution in [2.24, 2.45) is 0 Å². The second kappa shape index (κ2) is 12.5. The molecule has 1 N–H and O–H groups in total. The molecule has 40 heavy (non-hydrogen) atoms. The van der Waals surface area contributed by atoms with Crippen molar-refractivity contribution in [3.8, 4) is 5.75 Å². The number of aryl methyl sites for hydroxylation is 1. The molecule has 0 aromatic heterocycles. The molecule has 1 amide bonds. The first-order valence-corrected chi connectivity index (χ1v) is 15.3. The van der Waals surface area contributed by atoms with Gasteiger partial charge in [0.1, 0.15) is 5.75 Å². The first-order valence-electron chi connectivity index (χ1n) is 13.9. The number of nitrogens with one attached hydrogen (secondary N) is 1. The number of hydrogen-bond donors (Lipinski definition) is 1. The van der Waals surface area contributed by atoms with Crippen LogP contribution in [0.1, 0.15) is 60.3 Å². The van der Waals surface area contributed by atoms with Gasteiger partial charge in [-0.3, -0.25) is 9.69 Å². The fourth-order valence-corrected chi connectivity index (χ4v) is 6.29. The van der Waals surface area contributed by atoms with Gasteiger partial charge in [-0.1, -0.05) is 35.9 Å². The number of nitrogens with zero attached hydrogens (tertiary/aromatic N) is 2. The third kappa shape index (κ3) is 7.30. The number of fused-ring (bicyclic) bond motifs is 1. The fraction of sp³-hybridized carbons (Fsp3) is 0.406. The van der Waals surface area contributed by atoms with Crippen molar-refractivity contribution in [3.63, 3.8) is 0 Å². The summed E-state index contributed by atoms with van der Waals surface area (Å²) in [6, 6.07) is 20.7. The van der Waals surface area contributed by atoms with E-state index in [9.17, 15) is 13.2 Å². The molecule has 3 aromatic carbocycles. The Balaban J connectivity index is 1.35. The van der Waals surface area contributed by atoms with Crippen molar-refractivity contribution in [1.29, 1.82) is 0 Å². The molecule has 0 aliphatic carbocycles. The van der Waals surface area contributed by atoms with Gasteiger partial charge in [-0.15, -0.1) is 0 Å². The summed E-state index contributed by atoms with van der Waals surface area (Å²) in [5, 5.41) is 3.07. The van der Waals surface area contributed by atoms with Gasteiger partial charge in [-0.2, -0.15) is 4.31 Å². The van der Waals surface area contributed by atoms with Gasteiger partial charge in [0, 0.05) is 43.8 Å². The van der Waals surface area contributed by atoms with Crippen LogP contribution in [-0.4, -0.2) is 55.3 Å². The van der Waals surface area contributed by atoms with Crippen LogP contribution in [0.3, 0.4) is 0 Å². The Morgan fingerprint density at radius 2 is 1.70 bits per heavy atom. The molecule has 0 fully saturated rings. The van der Waals surface area contributed by atoms with Crippen LogP contribution in [-0.2, 0) is 29.5 Å². The molecule has 4 rings (SSSR count). The molecule has 0 radical (unpaired) electrons. The summed E-state index contributed by atoms with van der Waals surface area (Å²) in [6.07, 6.45) is 0.571. The normalized spacial score (nSPS) is 14.2. The topological polar surface area (TPSA) is 79.0 Å². The Hall–Kier alpha value is -3.20. The minimum Gasteiger partial charge on any atom is -0.494 e. The molecule has 1 aliphatic heterocycles. The first kappa shape index (κ1) is 29.8. The van der Waals surface area contributed by atoms with Crippen LogP contribution in [0.4, 0.5) is 0 Å². The molecule has 8 heteroatoms. The lowest BCUT2D eigenvalue weighted by Crippen LogP contribution is -2.45. The lowest BCUT2D eigenvalue weighted by atomic mass is 9.98. The van der Waals surface area contributed by atoms with Gasteiger partial charge in [0.25, 0.3) is 5.91 Å². The van der Waals surface area contributed by atoms with Gasteiger partial charge < -0.3 is 10.1 Å². The van der Waals surface area contributed by atoms with Crippen LogP contribution >= 0.6 is 0 Å². The van der Waals surface area contributed by atoms with Gasteiger partial charge in [0.15, 0.2) is 0 Å². The number of sulfonamides is 1. The Labute approximate surface area is 239 Å². The highest BCUT2D eigenvalue weighted by Crippen LogP contribution is 2.26. The third-order valence-corrected chi connectivity index (χ3v) is 9.19. The monoisotopic (exact) mass is 563 g/mol. The molecule has 0 spiro atoms. The lowest BCUT2D eigenvalue weighted by molar-refractivity contribution is 0.0921. The van der Waals surface area contributed by atoms with Gasteiger partial charge in [-0.25, -0.2) is 8.42 Å². The van der Waals surface area contributed by atoms with Crippen molar-refractivity contribution in [3.05, 3.63) is 94.5 Å². The van der Waals surface area contributed by atoms with Gasteiger partial charge >= 0.3 is 0 Å². The Morgan fingerprint density at radius 1 is 1.00 bits per heavy atom. The summed E-state index contributed by atoms with van der Waals surface area (Å²) in [5.74, 6) is 0.749. The summed E-state index contributed by atoms with van der Waals surface area (Å²) in [4.78, 5) is 15.7. The number of carbonyl (C=O) groups excluding carboxylic acids is 1. The molecule has 0 saturated carbocycles. The molecule has 0 saturated heterocycles. The highest BCUT2D eigenvalue weighted by atomic mass is 32.2. The highest BCUT2D eigenvalue weighted by molar-refractivity contribution is 7.89. The standard InChI is InChI=1S/C32H41N3O4S/c1-6-39-29-13-9-25(10-14-29)22-34(32(3,4)5)20-18-33-31(36)27-11-12-28-23-35(19-17-26(28)21-27)40(37,38)30-15-7-24(2)8-16-30/h7-16,21H,6,17-20,22-23H2,1-5H3,(H,33,36). The quantitative estimate of drug-likeness (QED) is 0.368. The molecular weight excluding hydrogens is 522 g/mol. The van der Waals surface area contributed by atoms with E-state index in [2.05, 4.69) is 43.1 Å². The maximum Gasteiger partial charge on any atom is 0.251 e. The molecule has 7 nitrogen and oxygen atoms in total. The molecule has 1 aliphatic rings. The number of benzene rings is 3. The summed E-state index contributed by atoms with van der Waals surface area (Å²) >= 11 is 0. The maximum atomic E-state index is 13.1. The van der Waals surface area contributed by atoms with E-state index >= 15 is 0 Å². The van der Waals surface area contributed by atoms with E-state index < -0.39 is 10.0 Å². The number of rotatable bonds is 10. The van der Waals surface area contributed by atoms with Crippen LogP contribution in [0.15, 0.2) is 71.6 Å². The Bertz CT molecular complexity index is 1410. The van der Waals surface area contributed by atoms with Crippen LogP contribution < -0.4 is 10.1 Å². The SMILES string of the molecule is CCOc1ccc(CN(CCNC(=O)c2ccc3c(c2)CCN(S(=O)(=O)c2ccc(C)cc2)C3)C(C)(C)C)cc1. The van der Waals surface area contributed by atoms with Crippen molar-refractivity contribution in [2.75, 3.05) is 26.2 Å². The lowest BCUT2D eigenvalue weighted by Gasteiger charge is -2.36. The molecule has 0 unspecified atom stereocenters. The van der Waals surface area contributed by atoms with Gasteiger partial charge in [-0.05, 0) is 94.1 Å². The van der Waals surface area contributed by atoms with Crippen LogP contribution in [0.25, 0.3) is 0 Å². The molecular formula is C32H41N3O4S. The van der Waals surface area contributed by atoms with Crippen LogP contribution in [0.2, 0.25) is 0 Å². The predicted octanol–water partition coefficient (Wildman–Crippen LogP) is 5.17. The minimum absolute atomic E-state index is 0.0695. The second-order valence-electron chi connectivity index (χ2n) is 11.3. The number of carbonyl (C=O) groups is 1. The average Bonchev–Trinajstić information content (AvgIpc) is 2.92. The zero-order valence-electron chi connectivity index (χ0n) is 24.2. The van der Waals surface area contributed by atoms with Crippen molar-refractivity contribution in [1.82, 2.24) is 14.5 Å². The highest BCUT2D eigenvalue weighted by Gasteiger charge is 2.29. The smallest absolute Gasteiger partial charge is 0.251 e. The fourth-order valence-electron chi connectivity index (χ4n) is 4.87. The summed E-state index contributed by atoms with van der Waals surface area (Å²) in [7, 11) is -3.56. The van der Waals surface area contributed by atoms with E-state index in [1.165, 1.54) is 9.87 Å². The first-order chi connectivity index (χ1) is 19.0. The Kier molecular flexibility index (Phi) is 9.33. The number of hydrogen-bond acceptors (Lipinski definition) is 5. The average molecular weight is 564 g/mol. The molecule has 214 valence electrons. The van der Waals surface area contributed by atoms with E-state index in [0.717, 1.165) is 29.0 Å². The van der Waals surface area contributed by atoms with Crippen molar-refractivity contribution in [2.45, 2.75) is 64.6 Å². The zero-order chi connectivity index (χ0) is 28.9. The van der Waals surface area contributed by atoms with E-state index in [0.29, 0.717) is 49.7 Å². The zero-order valence-corrected chi connectivity index (χ0v) is 25.1. The van der Waals surface area contributed by atoms with Gasteiger partial charge in [0.05, 0.1) is 11.5 Å².